The first-order valence-electron chi connectivity index (χ1n) is 5.37. The van der Waals surface area contributed by atoms with Crippen molar-refractivity contribution in [1.82, 2.24) is 0 Å². The molecule has 16 heavy (non-hydrogen) atoms. The predicted octanol–water partition coefficient (Wildman–Crippen LogP) is 0.200. The zero-order valence-electron chi connectivity index (χ0n) is 8.77. The molecule has 2 aromatic carbocycles. The van der Waals surface area contributed by atoms with Gasteiger partial charge in [-0.15, -0.1) is 0 Å². The molecule has 0 atom stereocenters. The summed E-state index contributed by atoms with van der Waals surface area (Å²) >= 11 is 0. The van der Waals surface area contributed by atoms with Gasteiger partial charge in [0.25, 0.3) is 0 Å². The maximum Gasteiger partial charge on any atom is 0.489 e. The van der Waals surface area contributed by atoms with E-state index in [9.17, 15) is 10.0 Å². The van der Waals surface area contributed by atoms with Crippen molar-refractivity contribution >= 4 is 29.0 Å². The van der Waals surface area contributed by atoms with E-state index in [0.29, 0.717) is 11.2 Å². The molecule has 0 aromatic heterocycles. The van der Waals surface area contributed by atoms with Gasteiger partial charge in [-0.2, -0.15) is 0 Å². The molecule has 0 radical (unpaired) electrons. The predicted molar refractivity (Wildman–Crippen MR) is 65.6 cm³/mol. The van der Waals surface area contributed by atoms with E-state index in [2.05, 4.69) is 0 Å². The van der Waals surface area contributed by atoms with Crippen molar-refractivity contribution in [1.29, 1.82) is 0 Å². The van der Waals surface area contributed by atoms with Crippen molar-refractivity contribution in [2.45, 2.75) is 12.8 Å². The van der Waals surface area contributed by atoms with Crippen LogP contribution in [0.4, 0.5) is 5.69 Å². The molecule has 4 heteroatoms. The summed E-state index contributed by atoms with van der Waals surface area (Å²) in [5.41, 5.74) is 9.56. The lowest BCUT2D eigenvalue weighted by Gasteiger charge is -2.10. The molecule has 0 spiro atoms. The van der Waals surface area contributed by atoms with Crippen molar-refractivity contribution in [3.8, 4) is 0 Å². The molecule has 0 saturated carbocycles. The van der Waals surface area contributed by atoms with Crippen molar-refractivity contribution in [2.24, 2.45) is 0 Å². The fourth-order valence-corrected chi connectivity index (χ4v) is 2.60. The van der Waals surface area contributed by atoms with E-state index in [0.717, 1.165) is 23.6 Å². The van der Waals surface area contributed by atoms with Gasteiger partial charge in [0.2, 0.25) is 0 Å². The Hall–Kier alpha value is -1.52. The van der Waals surface area contributed by atoms with Gasteiger partial charge >= 0.3 is 7.12 Å². The van der Waals surface area contributed by atoms with Crippen molar-refractivity contribution in [3.05, 3.63) is 35.4 Å². The molecule has 3 rings (SSSR count). The van der Waals surface area contributed by atoms with Crippen molar-refractivity contribution < 1.29 is 10.0 Å². The molecule has 0 amide bonds. The zero-order chi connectivity index (χ0) is 11.3. The minimum Gasteiger partial charge on any atom is -0.423 e. The van der Waals surface area contributed by atoms with Crippen LogP contribution in [0.2, 0.25) is 0 Å². The van der Waals surface area contributed by atoms with E-state index in [1.165, 1.54) is 11.1 Å². The second-order valence-corrected chi connectivity index (χ2v) is 4.25. The Morgan fingerprint density at radius 2 is 1.56 bits per heavy atom. The second-order valence-electron chi connectivity index (χ2n) is 4.25. The van der Waals surface area contributed by atoms with E-state index in [1.54, 1.807) is 6.07 Å². The zero-order valence-corrected chi connectivity index (χ0v) is 8.77. The number of hydrogen-bond acceptors (Lipinski definition) is 3. The highest BCUT2D eigenvalue weighted by atomic mass is 16.4. The molecule has 0 aliphatic heterocycles. The molecule has 1 aliphatic rings. The number of benzene rings is 2. The minimum absolute atomic E-state index is 0.500. The molecule has 4 N–H and O–H groups in total. The lowest BCUT2D eigenvalue weighted by Crippen LogP contribution is -2.31. The molecular weight excluding hydrogens is 201 g/mol. The highest BCUT2D eigenvalue weighted by Crippen LogP contribution is 2.32. The van der Waals surface area contributed by atoms with E-state index in [-0.39, 0.29) is 0 Å². The van der Waals surface area contributed by atoms with Crippen LogP contribution in [0.15, 0.2) is 24.3 Å². The molecule has 0 unspecified atom stereocenters. The monoisotopic (exact) mass is 213 g/mol. The van der Waals surface area contributed by atoms with Crippen LogP contribution in [0, 0.1) is 0 Å². The Morgan fingerprint density at radius 1 is 0.938 bits per heavy atom. The highest BCUT2D eigenvalue weighted by molar-refractivity contribution is 6.62. The lowest BCUT2D eigenvalue weighted by atomic mass is 9.76. The standard InChI is InChI=1S/C12H12BNO2/c14-10-6-4-8-2-1-7-3-5-9(13(15)16)12(10)11(7)8/h3-6,15-16H,1-2,14H2. The maximum absolute atomic E-state index is 9.35. The minimum atomic E-state index is -1.47. The van der Waals surface area contributed by atoms with Crippen molar-refractivity contribution in [2.75, 3.05) is 5.73 Å². The normalized spacial score (nSPS) is 13.4. The van der Waals surface area contributed by atoms with Crippen LogP contribution >= 0.6 is 0 Å². The van der Waals surface area contributed by atoms with E-state index < -0.39 is 7.12 Å². The molecule has 1 aliphatic carbocycles. The van der Waals surface area contributed by atoms with Gasteiger partial charge in [-0.25, -0.2) is 0 Å². The third-order valence-electron chi connectivity index (χ3n) is 3.34. The summed E-state index contributed by atoms with van der Waals surface area (Å²) in [4.78, 5) is 0. The summed E-state index contributed by atoms with van der Waals surface area (Å²) in [5.74, 6) is 0. The van der Waals surface area contributed by atoms with Crippen LogP contribution in [-0.2, 0) is 12.8 Å². The Balaban J connectivity index is 2.49. The summed E-state index contributed by atoms with van der Waals surface area (Å²) in [6.45, 7) is 0. The lowest BCUT2D eigenvalue weighted by molar-refractivity contribution is 0.426. The third kappa shape index (κ3) is 1.17. The Bertz CT molecular complexity index is 570. The summed E-state index contributed by atoms with van der Waals surface area (Å²) in [5, 5.41) is 20.6. The Morgan fingerprint density at radius 3 is 2.19 bits per heavy atom. The fraction of sp³-hybridized carbons (Fsp3) is 0.167. The number of nitrogens with two attached hydrogens (primary N) is 1. The molecule has 0 bridgehead atoms. The second kappa shape index (κ2) is 3.24. The maximum atomic E-state index is 9.35. The summed E-state index contributed by atoms with van der Waals surface area (Å²) in [7, 11) is -1.47. The number of aryl methyl sites for hydroxylation is 2. The first-order chi connectivity index (χ1) is 7.68. The Kier molecular flexibility index (Phi) is 1.96. The van der Waals surface area contributed by atoms with Gasteiger partial charge in [0.15, 0.2) is 0 Å². The van der Waals surface area contributed by atoms with Crippen LogP contribution in [0.25, 0.3) is 10.8 Å². The van der Waals surface area contributed by atoms with Crippen LogP contribution in [0.5, 0.6) is 0 Å². The first kappa shape index (κ1) is 9.69. The number of rotatable bonds is 1. The van der Waals surface area contributed by atoms with Gasteiger partial charge in [-0.1, -0.05) is 18.2 Å². The van der Waals surface area contributed by atoms with Gasteiger partial charge in [-0.05, 0) is 40.9 Å². The van der Waals surface area contributed by atoms with Crippen LogP contribution in [-0.4, -0.2) is 17.2 Å². The smallest absolute Gasteiger partial charge is 0.423 e. The van der Waals surface area contributed by atoms with Gasteiger partial charge in [0, 0.05) is 11.1 Å². The molecule has 0 heterocycles. The van der Waals surface area contributed by atoms with E-state index in [1.807, 2.05) is 18.2 Å². The molecule has 2 aromatic rings. The van der Waals surface area contributed by atoms with Crippen molar-refractivity contribution in [3.63, 3.8) is 0 Å². The van der Waals surface area contributed by atoms with Gasteiger partial charge in [0.1, 0.15) is 0 Å². The summed E-state index contributed by atoms with van der Waals surface area (Å²) in [6, 6.07) is 7.60. The van der Waals surface area contributed by atoms with E-state index >= 15 is 0 Å². The SMILES string of the molecule is Nc1ccc2c3c(ccc(B(O)O)c13)CC2. The molecule has 0 saturated heterocycles. The fourth-order valence-electron chi connectivity index (χ4n) is 2.60. The highest BCUT2D eigenvalue weighted by Gasteiger charge is 2.22. The van der Waals surface area contributed by atoms with E-state index in [4.69, 9.17) is 5.73 Å². The van der Waals surface area contributed by atoms with Crippen LogP contribution in [0.1, 0.15) is 11.1 Å². The molecular formula is C12H12BNO2. The quantitative estimate of drug-likeness (QED) is 0.468. The van der Waals surface area contributed by atoms with Crippen LogP contribution in [0.3, 0.4) is 0 Å². The number of nitrogen functional groups attached to an aromatic ring is 1. The molecule has 0 fully saturated rings. The topological polar surface area (TPSA) is 66.5 Å². The molecule has 80 valence electrons. The summed E-state index contributed by atoms with van der Waals surface area (Å²) in [6.07, 6.45) is 2.02. The van der Waals surface area contributed by atoms with Gasteiger partial charge in [-0.3, -0.25) is 0 Å². The third-order valence-corrected chi connectivity index (χ3v) is 3.34. The average Bonchev–Trinajstić information content (AvgIpc) is 2.67. The number of anilines is 1. The Labute approximate surface area is 93.7 Å². The van der Waals surface area contributed by atoms with Crippen LogP contribution < -0.4 is 11.2 Å². The molecule has 3 nitrogen and oxygen atoms in total. The van der Waals surface area contributed by atoms with Gasteiger partial charge in [0.05, 0.1) is 0 Å². The largest absolute Gasteiger partial charge is 0.489 e. The first-order valence-corrected chi connectivity index (χ1v) is 5.37. The number of hydrogen-bond donors (Lipinski definition) is 3. The average molecular weight is 213 g/mol. The van der Waals surface area contributed by atoms with Gasteiger partial charge < -0.3 is 15.8 Å². The summed E-state index contributed by atoms with van der Waals surface area (Å²) < 4.78 is 0.